The van der Waals surface area contributed by atoms with Crippen molar-refractivity contribution in [3.63, 3.8) is 0 Å². The number of likely N-dealkylation sites (tertiary alicyclic amines) is 1. The van der Waals surface area contributed by atoms with E-state index in [-0.39, 0.29) is 24.3 Å². The maximum absolute atomic E-state index is 14.1. The van der Waals surface area contributed by atoms with Crippen LogP contribution < -0.4 is 0 Å². The number of nitrogens with zero attached hydrogens (tertiary/aromatic N) is 2. The first kappa shape index (κ1) is 26.7. The summed E-state index contributed by atoms with van der Waals surface area (Å²) in [6, 6.07) is 23.0. The second kappa shape index (κ2) is 11.0. The molecule has 8 heteroatoms. The number of carboxylic acids is 1. The molecule has 0 bridgehead atoms. The van der Waals surface area contributed by atoms with E-state index in [0.29, 0.717) is 29.4 Å². The molecule has 0 saturated carbocycles. The smallest absolute Gasteiger partial charge is 0.304 e. The van der Waals surface area contributed by atoms with Gasteiger partial charge in [-0.1, -0.05) is 66.5 Å². The molecule has 3 atom stereocenters. The predicted molar refractivity (Wildman–Crippen MR) is 153 cm³/mol. The number of hydrogen-bond acceptors (Lipinski definition) is 4. The fraction of sp³-hybridized carbons (Fsp3) is 0.300. The molecule has 0 spiro atoms. The largest absolute Gasteiger partial charge is 0.481 e. The van der Waals surface area contributed by atoms with E-state index in [4.69, 9.17) is 28.2 Å². The molecule has 3 aromatic carbocycles. The Bertz CT molecular complexity index is 1440. The Morgan fingerprint density at radius 2 is 1.82 bits per heavy atom. The second-order valence-electron chi connectivity index (χ2n) is 10.2. The molecule has 0 unspecified atom stereocenters. The van der Waals surface area contributed by atoms with Gasteiger partial charge in [0.15, 0.2) is 0 Å². The number of aryl methyl sites for hydroxylation is 1. The van der Waals surface area contributed by atoms with Gasteiger partial charge in [0.2, 0.25) is 5.91 Å². The Kier molecular flexibility index (Phi) is 7.75. The fourth-order valence-corrected chi connectivity index (χ4v) is 6.97. The van der Waals surface area contributed by atoms with Crippen molar-refractivity contribution in [2.24, 2.45) is 5.41 Å². The van der Waals surface area contributed by atoms with Crippen LogP contribution in [0.5, 0.6) is 0 Å². The van der Waals surface area contributed by atoms with Gasteiger partial charge in [-0.15, -0.1) is 11.3 Å². The van der Waals surface area contributed by atoms with Crippen LogP contribution in [-0.4, -0.2) is 33.4 Å². The molecule has 2 heterocycles. The first-order chi connectivity index (χ1) is 18.2. The lowest BCUT2D eigenvalue weighted by Gasteiger charge is -2.49. The zero-order valence-corrected chi connectivity index (χ0v) is 23.3. The van der Waals surface area contributed by atoms with Crippen LogP contribution in [0.1, 0.15) is 54.3 Å². The van der Waals surface area contributed by atoms with Gasteiger partial charge < -0.3 is 10.0 Å². The average molecular weight is 568 g/mol. The highest BCUT2D eigenvalue weighted by molar-refractivity contribution is 7.18. The van der Waals surface area contributed by atoms with Crippen molar-refractivity contribution in [2.45, 2.75) is 44.6 Å². The molecule has 4 aromatic rings. The molecule has 196 valence electrons. The zero-order chi connectivity index (χ0) is 26.9. The van der Waals surface area contributed by atoms with Crippen molar-refractivity contribution in [1.29, 1.82) is 0 Å². The minimum Gasteiger partial charge on any atom is -0.481 e. The van der Waals surface area contributed by atoms with Crippen molar-refractivity contribution in [3.05, 3.63) is 99.0 Å². The van der Waals surface area contributed by atoms with Crippen LogP contribution in [0, 0.1) is 5.41 Å². The highest BCUT2D eigenvalue weighted by Crippen LogP contribution is 2.51. The van der Waals surface area contributed by atoms with Gasteiger partial charge in [0, 0.05) is 28.9 Å². The summed E-state index contributed by atoms with van der Waals surface area (Å²) in [5.41, 5.74) is 1.89. The number of hydrogen-bond donors (Lipinski definition) is 1. The molecule has 5 nitrogen and oxygen atoms in total. The lowest BCUT2D eigenvalue weighted by molar-refractivity contribution is -0.157. The summed E-state index contributed by atoms with van der Waals surface area (Å²) in [5, 5.41) is 12.0. The van der Waals surface area contributed by atoms with Crippen molar-refractivity contribution in [2.75, 3.05) is 6.54 Å². The van der Waals surface area contributed by atoms with Crippen LogP contribution in [0.25, 0.3) is 10.2 Å². The monoisotopic (exact) mass is 566 g/mol. The van der Waals surface area contributed by atoms with E-state index in [9.17, 15) is 14.7 Å². The summed E-state index contributed by atoms with van der Waals surface area (Å²) in [6.07, 6.45) is 1.61. The van der Waals surface area contributed by atoms with E-state index in [2.05, 4.69) is 6.07 Å². The van der Waals surface area contributed by atoms with Gasteiger partial charge in [-0.2, -0.15) is 0 Å². The summed E-state index contributed by atoms with van der Waals surface area (Å²) < 4.78 is 1.14. The molecule has 1 fully saturated rings. The number of carboxylic acid groups (broad SMARTS) is 1. The lowest BCUT2D eigenvalue weighted by Crippen LogP contribution is -2.52. The van der Waals surface area contributed by atoms with Gasteiger partial charge in [0.05, 0.1) is 33.1 Å². The minimum absolute atomic E-state index is 0.137. The zero-order valence-electron chi connectivity index (χ0n) is 20.9. The Morgan fingerprint density at radius 3 is 2.53 bits per heavy atom. The molecule has 1 saturated heterocycles. The maximum atomic E-state index is 14.1. The molecule has 1 amide bonds. The number of rotatable bonds is 8. The number of aliphatic carboxylic acids is 1. The predicted octanol–water partition coefficient (Wildman–Crippen LogP) is 7.77. The van der Waals surface area contributed by atoms with E-state index in [0.717, 1.165) is 32.8 Å². The van der Waals surface area contributed by atoms with E-state index in [1.54, 1.807) is 18.3 Å². The summed E-state index contributed by atoms with van der Waals surface area (Å²) in [6.45, 7) is 2.26. The number of piperidine rings is 1. The van der Waals surface area contributed by atoms with Crippen molar-refractivity contribution in [3.8, 4) is 0 Å². The molecule has 1 N–H and O–H groups in total. The standard InChI is InChI=1S/C30H28Cl2N2O3S/c1-30(18-27(35)36)17-23(20-6-4-7-22(32)16-20)28(19-11-13-21(31)14-12-19)34(29(30)37)15-5-10-26-33-24-8-2-3-9-25(24)38-26/h2-4,6-9,11-14,16,23,28H,5,10,15,17-18H2,1H3,(H,35,36)/t23-,28-,30-/m1/s1. The van der Waals surface area contributed by atoms with Crippen LogP contribution in [0.4, 0.5) is 0 Å². The number of para-hydroxylation sites is 1. The first-order valence-corrected chi connectivity index (χ1v) is 14.2. The molecule has 0 aliphatic carbocycles. The van der Waals surface area contributed by atoms with Crippen LogP contribution in [0.15, 0.2) is 72.8 Å². The van der Waals surface area contributed by atoms with E-state index in [1.807, 2.05) is 71.6 Å². The number of carbonyl (C=O) groups is 2. The Hall–Kier alpha value is -2.93. The Labute approximate surface area is 236 Å². The molecule has 1 aromatic heterocycles. The summed E-state index contributed by atoms with van der Waals surface area (Å²) in [7, 11) is 0. The number of carbonyl (C=O) groups excluding carboxylic acids is 1. The van der Waals surface area contributed by atoms with Crippen LogP contribution in [-0.2, 0) is 16.0 Å². The Balaban J connectivity index is 1.51. The van der Waals surface area contributed by atoms with E-state index in [1.165, 1.54) is 0 Å². The topological polar surface area (TPSA) is 70.5 Å². The molecule has 0 radical (unpaired) electrons. The number of amides is 1. The number of fused-ring (bicyclic) bond motifs is 1. The average Bonchev–Trinajstić information content (AvgIpc) is 3.30. The van der Waals surface area contributed by atoms with Crippen molar-refractivity contribution >= 4 is 56.6 Å². The third-order valence-electron chi connectivity index (χ3n) is 7.32. The van der Waals surface area contributed by atoms with Gasteiger partial charge in [-0.05, 0) is 60.4 Å². The second-order valence-corrected chi connectivity index (χ2v) is 12.2. The number of halogens is 2. The van der Waals surface area contributed by atoms with E-state index < -0.39 is 11.4 Å². The van der Waals surface area contributed by atoms with Crippen LogP contribution in [0.3, 0.4) is 0 Å². The molecule has 1 aliphatic heterocycles. The molecule has 5 rings (SSSR count). The summed E-state index contributed by atoms with van der Waals surface area (Å²) >= 11 is 14.3. The minimum atomic E-state index is -1.04. The molecule has 38 heavy (non-hydrogen) atoms. The maximum Gasteiger partial charge on any atom is 0.304 e. The first-order valence-electron chi connectivity index (χ1n) is 12.6. The van der Waals surface area contributed by atoms with Gasteiger partial charge >= 0.3 is 5.97 Å². The SMILES string of the molecule is C[C@]1(CC(=O)O)C[C@H](c2cccc(Cl)c2)[C@@H](c2ccc(Cl)cc2)N(CCCc2nc3ccccc3s2)C1=O. The van der Waals surface area contributed by atoms with Gasteiger partial charge in [0.1, 0.15) is 0 Å². The highest BCUT2D eigenvalue weighted by atomic mass is 35.5. The Morgan fingerprint density at radius 1 is 1.05 bits per heavy atom. The fourth-order valence-electron chi connectivity index (χ4n) is 5.63. The summed E-state index contributed by atoms with van der Waals surface area (Å²) in [4.78, 5) is 32.6. The number of aromatic nitrogens is 1. The van der Waals surface area contributed by atoms with Gasteiger partial charge in [0.25, 0.3) is 0 Å². The summed E-state index contributed by atoms with van der Waals surface area (Å²) in [5.74, 6) is -1.26. The van der Waals surface area contributed by atoms with Crippen LogP contribution >= 0.6 is 34.5 Å². The normalized spacial score (nSPS) is 21.7. The van der Waals surface area contributed by atoms with Crippen molar-refractivity contribution in [1.82, 2.24) is 9.88 Å². The van der Waals surface area contributed by atoms with Crippen molar-refractivity contribution < 1.29 is 14.7 Å². The number of thiazole rings is 1. The third-order valence-corrected chi connectivity index (χ3v) is 8.91. The molecular weight excluding hydrogens is 539 g/mol. The van der Waals surface area contributed by atoms with Gasteiger partial charge in [-0.3, -0.25) is 9.59 Å². The number of benzene rings is 3. The van der Waals surface area contributed by atoms with E-state index >= 15 is 0 Å². The highest BCUT2D eigenvalue weighted by Gasteiger charge is 2.50. The van der Waals surface area contributed by atoms with Gasteiger partial charge in [-0.25, -0.2) is 4.98 Å². The van der Waals surface area contributed by atoms with Crippen LogP contribution in [0.2, 0.25) is 10.0 Å². The third kappa shape index (κ3) is 5.58. The quantitative estimate of drug-likeness (QED) is 0.236. The molecular formula is C30H28Cl2N2O3S. The lowest BCUT2D eigenvalue weighted by atomic mass is 9.67. The molecule has 1 aliphatic rings.